The molecule has 296 valence electrons. The molecule has 5 rings (SSSR count). The Balaban J connectivity index is 1.41. The Kier molecular flexibility index (Phi) is 11.8. The Morgan fingerprint density at radius 1 is 1.04 bits per heavy atom. The summed E-state index contributed by atoms with van der Waals surface area (Å²) in [6, 6.07) is 7.84. The highest BCUT2D eigenvalue weighted by atomic mass is 28.4. The first-order chi connectivity index (χ1) is 25.1. The number of carbonyl (C=O) groups excluding carboxylic acids is 2. The van der Waals surface area contributed by atoms with Gasteiger partial charge in [-0.15, -0.1) is 0 Å². The molecule has 1 spiro atoms. The molecule has 1 unspecified atom stereocenters. The zero-order valence-corrected chi connectivity index (χ0v) is 35.7. The molecule has 2 aliphatic heterocycles. The maximum Gasteiger partial charge on any atom is 0.410 e. The molecule has 0 radical (unpaired) electrons. The number of methoxy groups -OCH3 is 1. The zero-order valence-electron chi connectivity index (χ0n) is 34.7. The van der Waals surface area contributed by atoms with Gasteiger partial charge in [0.2, 0.25) is 0 Å². The average Bonchev–Trinajstić information content (AvgIpc) is 3.41. The van der Waals surface area contributed by atoms with E-state index < -0.39 is 20.0 Å². The molecule has 54 heavy (non-hydrogen) atoms. The number of likely N-dealkylation sites (N-methyl/N-ethyl adjacent to an activating group) is 1. The number of hydrogen-bond acceptors (Lipinski definition) is 10. The lowest BCUT2D eigenvalue weighted by Gasteiger charge is -2.54. The van der Waals surface area contributed by atoms with Gasteiger partial charge in [0, 0.05) is 56.8 Å². The van der Waals surface area contributed by atoms with Gasteiger partial charge in [0.1, 0.15) is 23.8 Å². The van der Waals surface area contributed by atoms with Crippen molar-refractivity contribution in [3.05, 3.63) is 41.6 Å². The molecule has 2 aliphatic rings. The number of nitrogens with zero attached hydrogens (tertiary/aromatic N) is 7. The summed E-state index contributed by atoms with van der Waals surface area (Å²) < 4.78 is 25.7. The van der Waals surface area contributed by atoms with Crippen LogP contribution in [0.5, 0.6) is 5.75 Å². The van der Waals surface area contributed by atoms with E-state index >= 15 is 0 Å². The van der Waals surface area contributed by atoms with Crippen molar-refractivity contribution in [2.45, 2.75) is 98.1 Å². The molecule has 3 aromatic rings. The van der Waals surface area contributed by atoms with Gasteiger partial charge in [-0.25, -0.2) is 19.6 Å². The van der Waals surface area contributed by atoms with Crippen LogP contribution in [0.15, 0.2) is 30.5 Å². The van der Waals surface area contributed by atoms with Gasteiger partial charge in [0.15, 0.2) is 14.1 Å². The summed E-state index contributed by atoms with van der Waals surface area (Å²) in [6.45, 7) is 24.4. The fraction of sp³-hybridized carbons (Fsp3) is 0.625. The Hall–Kier alpha value is -4.17. The average molecular weight is 764 g/mol. The van der Waals surface area contributed by atoms with Gasteiger partial charge in [-0.1, -0.05) is 32.9 Å². The Morgan fingerprint density at radius 3 is 2.28 bits per heavy atom. The van der Waals surface area contributed by atoms with Crippen molar-refractivity contribution < 1.29 is 28.2 Å². The van der Waals surface area contributed by atoms with E-state index in [-0.39, 0.29) is 29.3 Å². The first-order valence-electron chi connectivity index (χ1n) is 18.9. The van der Waals surface area contributed by atoms with E-state index in [1.54, 1.807) is 16.8 Å². The largest absolute Gasteiger partial charge is 0.491 e. The predicted molar refractivity (Wildman–Crippen MR) is 213 cm³/mol. The van der Waals surface area contributed by atoms with Gasteiger partial charge >= 0.3 is 12.2 Å². The van der Waals surface area contributed by atoms with Crippen molar-refractivity contribution in [2.75, 3.05) is 58.4 Å². The van der Waals surface area contributed by atoms with Gasteiger partial charge in [0.25, 0.3) is 0 Å². The van der Waals surface area contributed by atoms with Crippen molar-refractivity contribution in [1.29, 1.82) is 0 Å². The van der Waals surface area contributed by atoms with Crippen molar-refractivity contribution in [3.63, 3.8) is 0 Å². The number of likely N-dealkylation sites (tertiary alicyclic amines) is 1. The highest BCUT2D eigenvalue weighted by molar-refractivity contribution is 6.74. The quantitative estimate of drug-likeness (QED) is 0.192. The summed E-state index contributed by atoms with van der Waals surface area (Å²) in [6.07, 6.45) is 2.67. The minimum absolute atomic E-state index is 0.0312. The number of hydrogen-bond donors (Lipinski definition) is 0. The molecule has 2 aromatic heterocycles. The number of rotatable bonds is 10. The Bertz CT molecular complexity index is 1800. The van der Waals surface area contributed by atoms with E-state index in [0.717, 1.165) is 59.8 Å². The van der Waals surface area contributed by atoms with Gasteiger partial charge < -0.3 is 33.3 Å². The first kappa shape index (κ1) is 41.0. The van der Waals surface area contributed by atoms with Crippen LogP contribution in [-0.2, 0) is 20.9 Å². The maximum atomic E-state index is 12.9. The van der Waals surface area contributed by atoms with E-state index in [0.29, 0.717) is 31.2 Å². The minimum Gasteiger partial charge on any atom is -0.491 e. The fourth-order valence-electron chi connectivity index (χ4n) is 6.93. The Labute approximate surface area is 322 Å². The molecule has 0 aliphatic carbocycles. The standard InChI is InChI=1S/C40H61N7O6Si/c1-27-22-41-45(10)33(27)32-28(2)35(47-25-40(26-47)17-19-46(20-18-40)37(49)50-11)43-34(42-32)29-15-14-16-30(21-29)51-24-31(53-54(12,13)39(6,7)8)23-44(9)36(48)52-38(3,4)5/h14-16,21-22,31H,17-20,23-26H2,1-13H3. The molecule has 14 heteroatoms. The van der Waals surface area contributed by atoms with Crippen LogP contribution in [-0.4, -0.2) is 115 Å². The van der Waals surface area contributed by atoms with Crippen LogP contribution in [0, 0.1) is 19.3 Å². The van der Waals surface area contributed by atoms with Crippen LogP contribution in [0.4, 0.5) is 15.4 Å². The molecule has 0 bridgehead atoms. The number of piperidine rings is 1. The molecule has 4 heterocycles. The monoisotopic (exact) mass is 763 g/mol. The van der Waals surface area contributed by atoms with Crippen LogP contribution < -0.4 is 9.64 Å². The molecule has 0 N–H and O–H groups in total. The van der Waals surface area contributed by atoms with Crippen molar-refractivity contribution in [1.82, 2.24) is 29.5 Å². The molecule has 2 fully saturated rings. The summed E-state index contributed by atoms with van der Waals surface area (Å²) in [7, 11) is 2.89. The normalized spacial score (nSPS) is 16.5. The van der Waals surface area contributed by atoms with E-state index in [2.05, 4.69) is 50.8 Å². The topological polar surface area (TPSA) is 124 Å². The highest BCUT2D eigenvalue weighted by Gasteiger charge is 2.47. The van der Waals surface area contributed by atoms with Crippen LogP contribution >= 0.6 is 0 Å². The lowest BCUT2D eigenvalue weighted by Crippen LogP contribution is -2.61. The maximum absolute atomic E-state index is 12.9. The number of benzene rings is 1. The van der Waals surface area contributed by atoms with Gasteiger partial charge in [-0.2, -0.15) is 5.10 Å². The summed E-state index contributed by atoms with van der Waals surface area (Å²) in [4.78, 5) is 41.1. The number of aromatic nitrogens is 4. The number of carbonyl (C=O) groups is 2. The number of anilines is 1. The second-order valence-corrected chi connectivity index (χ2v) is 22.4. The minimum atomic E-state index is -2.22. The SMILES string of the molecule is COC(=O)N1CCC2(CC1)CN(c1nc(-c3cccc(OCC(CN(C)C(=O)OC(C)(C)C)O[Si](C)(C)C(C)(C)C)c3)nc(-c3c(C)cnn3C)c1C)C2. The second-order valence-electron chi connectivity index (χ2n) is 17.7. The summed E-state index contributed by atoms with van der Waals surface area (Å²) in [5, 5.41) is 4.49. The third-order valence-corrected chi connectivity index (χ3v) is 15.6. The zero-order chi connectivity index (χ0) is 39.8. The molecular formula is C40H61N7O6Si. The third-order valence-electron chi connectivity index (χ3n) is 11.1. The lowest BCUT2D eigenvalue weighted by atomic mass is 9.72. The second kappa shape index (κ2) is 15.5. The fourth-order valence-corrected chi connectivity index (χ4v) is 8.26. The summed E-state index contributed by atoms with van der Waals surface area (Å²) in [5.74, 6) is 2.15. The molecule has 1 atom stereocenters. The van der Waals surface area contributed by atoms with Gasteiger partial charge in [-0.05, 0) is 83.3 Å². The van der Waals surface area contributed by atoms with Crippen LogP contribution in [0.1, 0.15) is 65.5 Å². The van der Waals surface area contributed by atoms with E-state index in [1.807, 2.05) is 69.9 Å². The number of ether oxygens (including phenoxy) is 3. The lowest BCUT2D eigenvalue weighted by molar-refractivity contribution is 0.0172. The van der Waals surface area contributed by atoms with Crippen molar-refractivity contribution >= 4 is 26.3 Å². The highest BCUT2D eigenvalue weighted by Crippen LogP contribution is 2.45. The van der Waals surface area contributed by atoms with Crippen LogP contribution in [0.2, 0.25) is 18.1 Å². The Morgan fingerprint density at radius 2 is 1.70 bits per heavy atom. The van der Waals surface area contributed by atoms with Crippen molar-refractivity contribution in [2.24, 2.45) is 12.5 Å². The first-order valence-corrected chi connectivity index (χ1v) is 21.8. The van der Waals surface area contributed by atoms with Gasteiger partial charge in [0.05, 0.1) is 37.3 Å². The van der Waals surface area contributed by atoms with Crippen molar-refractivity contribution in [3.8, 4) is 28.5 Å². The molecule has 1 aromatic carbocycles. The smallest absolute Gasteiger partial charge is 0.410 e. The summed E-state index contributed by atoms with van der Waals surface area (Å²) >= 11 is 0. The molecule has 0 saturated carbocycles. The predicted octanol–water partition coefficient (Wildman–Crippen LogP) is 7.47. The van der Waals surface area contributed by atoms with E-state index in [9.17, 15) is 9.59 Å². The summed E-state index contributed by atoms with van der Waals surface area (Å²) in [5.41, 5.74) is 4.18. The third kappa shape index (κ3) is 9.19. The van der Waals surface area contributed by atoms with E-state index in [1.165, 1.54) is 7.11 Å². The van der Waals surface area contributed by atoms with E-state index in [4.69, 9.17) is 28.6 Å². The molecule has 2 saturated heterocycles. The van der Waals surface area contributed by atoms with Crippen LogP contribution in [0.25, 0.3) is 22.8 Å². The van der Waals surface area contributed by atoms with Gasteiger partial charge in [-0.3, -0.25) is 4.68 Å². The molecule has 2 amide bonds. The molecular weight excluding hydrogens is 703 g/mol. The number of aryl methyl sites for hydroxylation is 2. The molecule has 13 nitrogen and oxygen atoms in total. The number of amides is 2. The van der Waals surface area contributed by atoms with Crippen LogP contribution in [0.3, 0.4) is 0 Å².